The summed E-state index contributed by atoms with van der Waals surface area (Å²) in [7, 11) is 0. The van der Waals surface area contributed by atoms with Crippen LogP contribution in [-0.4, -0.2) is 28.8 Å². The fourth-order valence-corrected chi connectivity index (χ4v) is 3.14. The lowest BCUT2D eigenvalue weighted by Crippen LogP contribution is -2.49. The first-order valence-electron chi connectivity index (χ1n) is 9.79. The Morgan fingerprint density at radius 2 is 1.64 bits per heavy atom. The number of hydrogen-bond donors (Lipinski definition) is 1. The quantitative estimate of drug-likeness (QED) is 0.608. The van der Waals surface area contributed by atoms with Crippen molar-refractivity contribution in [2.75, 3.05) is 0 Å². The lowest BCUT2D eigenvalue weighted by Gasteiger charge is -2.30. The van der Waals surface area contributed by atoms with Gasteiger partial charge in [-0.3, -0.25) is 9.59 Å². The third kappa shape index (κ3) is 6.79. The molecule has 2 amide bonds. The van der Waals surface area contributed by atoms with Crippen LogP contribution in [0.25, 0.3) is 0 Å². The molecule has 0 unspecified atom stereocenters. The third-order valence-corrected chi connectivity index (χ3v) is 5.43. The average Bonchev–Trinajstić information content (AvgIpc) is 2.71. The summed E-state index contributed by atoms with van der Waals surface area (Å²) in [6.07, 6.45) is 1.89. The van der Waals surface area contributed by atoms with Crippen molar-refractivity contribution in [1.82, 2.24) is 10.2 Å². The van der Waals surface area contributed by atoms with E-state index in [1.165, 1.54) is 0 Å². The second kappa shape index (κ2) is 11.0. The maximum absolute atomic E-state index is 13.0. The molecular formula is C23H29BrN2O2. The minimum atomic E-state index is -0.527. The van der Waals surface area contributed by atoms with Crippen LogP contribution in [0.15, 0.2) is 59.1 Å². The number of nitrogens with zero attached hydrogens (tertiary/aromatic N) is 1. The van der Waals surface area contributed by atoms with Crippen molar-refractivity contribution in [3.8, 4) is 0 Å². The molecule has 1 N–H and O–H groups in total. The predicted molar refractivity (Wildman–Crippen MR) is 117 cm³/mol. The Hall–Kier alpha value is -2.14. The first-order chi connectivity index (χ1) is 13.4. The van der Waals surface area contributed by atoms with E-state index in [9.17, 15) is 9.59 Å². The van der Waals surface area contributed by atoms with Crippen LogP contribution in [0.4, 0.5) is 0 Å². The number of rotatable bonds is 9. The van der Waals surface area contributed by atoms with Crippen molar-refractivity contribution >= 4 is 27.7 Å². The van der Waals surface area contributed by atoms with Gasteiger partial charge in [-0.25, -0.2) is 0 Å². The molecule has 2 rings (SSSR count). The smallest absolute Gasteiger partial charge is 0.242 e. The van der Waals surface area contributed by atoms with Gasteiger partial charge in [-0.05, 0) is 49.9 Å². The lowest BCUT2D eigenvalue weighted by atomic mass is 10.1. The van der Waals surface area contributed by atoms with Gasteiger partial charge in [0.15, 0.2) is 0 Å². The summed E-state index contributed by atoms with van der Waals surface area (Å²) >= 11 is 3.43. The molecule has 0 fully saturated rings. The molecule has 0 spiro atoms. The molecule has 0 bridgehead atoms. The topological polar surface area (TPSA) is 49.4 Å². The number of amides is 2. The molecule has 2 atom stereocenters. The Morgan fingerprint density at radius 1 is 1.00 bits per heavy atom. The number of aryl methyl sites for hydroxylation is 1. The molecule has 4 nitrogen and oxygen atoms in total. The number of carbonyl (C=O) groups excluding carboxylic acids is 2. The molecule has 0 aromatic heterocycles. The normalized spacial score (nSPS) is 12.9. The highest BCUT2D eigenvalue weighted by atomic mass is 79.9. The summed E-state index contributed by atoms with van der Waals surface area (Å²) in [5.41, 5.74) is 2.12. The van der Waals surface area contributed by atoms with E-state index in [-0.39, 0.29) is 17.9 Å². The van der Waals surface area contributed by atoms with Crippen LogP contribution in [0.5, 0.6) is 0 Å². The van der Waals surface area contributed by atoms with Crippen LogP contribution in [0.1, 0.15) is 44.7 Å². The maximum Gasteiger partial charge on any atom is 0.242 e. The minimum Gasteiger partial charge on any atom is -0.352 e. The Balaban J connectivity index is 2.12. The summed E-state index contributed by atoms with van der Waals surface area (Å²) in [5.74, 6) is -0.127. The van der Waals surface area contributed by atoms with Crippen molar-refractivity contribution in [2.45, 2.75) is 58.7 Å². The molecule has 0 saturated carbocycles. The van der Waals surface area contributed by atoms with Gasteiger partial charge in [0.2, 0.25) is 11.8 Å². The zero-order chi connectivity index (χ0) is 20.5. The summed E-state index contributed by atoms with van der Waals surface area (Å²) in [5, 5.41) is 2.99. The average molecular weight is 445 g/mol. The molecule has 0 aliphatic heterocycles. The van der Waals surface area contributed by atoms with Gasteiger partial charge < -0.3 is 10.2 Å². The molecule has 0 heterocycles. The van der Waals surface area contributed by atoms with Gasteiger partial charge in [0.25, 0.3) is 0 Å². The SMILES string of the molecule is CC[C@@H](C)NC(=O)[C@H](C)N(Cc1ccc(Br)cc1)C(=O)CCc1ccccc1. The number of nitrogens with one attached hydrogen (secondary N) is 1. The maximum atomic E-state index is 13.0. The zero-order valence-corrected chi connectivity index (χ0v) is 18.4. The highest BCUT2D eigenvalue weighted by molar-refractivity contribution is 9.10. The zero-order valence-electron chi connectivity index (χ0n) is 16.8. The van der Waals surface area contributed by atoms with Crippen molar-refractivity contribution in [3.05, 3.63) is 70.2 Å². The monoisotopic (exact) mass is 444 g/mol. The van der Waals surface area contributed by atoms with Gasteiger partial charge in [-0.2, -0.15) is 0 Å². The molecule has 0 aliphatic carbocycles. The molecule has 2 aromatic carbocycles. The summed E-state index contributed by atoms with van der Waals surface area (Å²) in [4.78, 5) is 27.4. The Morgan fingerprint density at radius 3 is 2.25 bits per heavy atom. The molecule has 2 aromatic rings. The highest BCUT2D eigenvalue weighted by Gasteiger charge is 2.26. The van der Waals surface area contributed by atoms with Crippen molar-refractivity contribution in [2.24, 2.45) is 0 Å². The fraction of sp³-hybridized carbons (Fsp3) is 0.391. The van der Waals surface area contributed by atoms with Gasteiger partial charge in [-0.15, -0.1) is 0 Å². The summed E-state index contributed by atoms with van der Waals surface area (Å²) in [6.45, 7) is 6.22. The predicted octanol–water partition coefficient (Wildman–Crippen LogP) is 4.71. The molecule has 150 valence electrons. The molecular weight excluding hydrogens is 416 g/mol. The minimum absolute atomic E-state index is 0.0152. The van der Waals surface area contributed by atoms with E-state index in [1.54, 1.807) is 11.8 Å². The highest BCUT2D eigenvalue weighted by Crippen LogP contribution is 2.16. The second-order valence-corrected chi connectivity index (χ2v) is 8.04. The van der Waals surface area contributed by atoms with Crippen LogP contribution in [0.2, 0.25) is 0 Å². The first kappa shape index (κ1) is 22.2. The molecule has 28 heavy (non-hydrogen) atoms. The largest absolute Gasteiger partial charge is 0.352 e. The molecule has 0 saturated heterocycles. The van der Waals surface area contributed by atoms with E-state index >= 15 is 0 Å². The van der Waals surface area contributed by atoms with Crippen LogP contribution < -0.4 is 5.32 Å². The fourth-order valence-electron chi connectivity index (χ4n) is 2.87. The van der Waals surface area contributed by atoms with E-state index in [1.807, 2.05) is 68.4 Å². The van der Waals surface area contributed by atoms with Gasteiger partial charge in [0, 0.05) is 23.5 Å². The van der Waals surface area contributed by atoms with Crippen LogP contribution in [0, 0.1) is 0 Å². The Bertz CT molecular complexity index is 762. The van der Waals surface area contributed by atoms with Gasteiger partial charge in [0.1, 0.15) is 6.04 Å². The first-order valence-corrected chi connectivity index (χ1v) is 10.6. The summed E-state index contributed by atoms with van der Waals surface area (Å²) < 4.78 is 0.987. The van der Waals surface area contributed by atoms with Crippen molar-refractivity contribution in [3.63, 3.8) is 0 Å². The third-order valence-electron chi connectivity index (χ3n) is 4.90. The van der Waals surface area contributed by atoms with Crippen LogP contribution >= 0.6 is 15.9 Å². The van der Waals surface area contributed by atoms with Crippen molar-refractivity contribution in [1.29, 1.82) is 0 Å². The number of carbonyl (C=O) groups is 2. The number of hydrogen-bond acceptors (Lipinski definition) is 2. The Kier molecular flexibility index (Phi) is 8.71. The standard InChI is InChI=1S/C23H29BrN2O2/c1-4-17(2)25-23(28)18(3)26(16-20-10-13-21(24)14-11-20)22(27)15-12-19-8-6-5-7-9-19/h5-11,13-14,17-18H,4,12,15-16H2,1-3H3,(H,25,28)/t17-,18+/m1/s1. The molecule has 5 heteroatoms. The van der Waals surface area contributed by atoms with Gasteiger partial charge in [0.05, 0.1) is 0 Å². The van der Waals surface area contributed by atoms with Crippen molar-refractivity contribution < 1.29 is 9.59 Å². The van der Waals surface area contributed by atoms with Crippen LogP contribution in [0.3, 0.4) is 0 Å². The van der Waals surface area contributed by atoms with E-state index in [0.717, 1.165) is 22.0 Å². The second-order valence-electron chi connectivity index (χ2n) is 7.13. The molecule has 0 radical (unpaired) electrons. The molecule has 0 aliphatic rings. The number of benzene rings is 2. The van der Waals surface area contributed by atoms with Gasteiger partial charge >= 0.3 is 0 Å². The van der Waals surface area contributed by atoms with Crippen LogP contribution in [-0.2, 0) is 22.6 Å². The van der Waals surface area contributed by atoms with Gasteiger partial charge in [-0.1, -0.05) is 65.3 Å². The lowest BCUT2D eigenvalue weighted by molar-refractivity contribution is -0.140. The summed E-state index contributed by atoms with van der Waals surface area (Å²) in [6, 6.07) is 17.4. The van der Waals surface area contributed by atoms with E-state index in [0.29, 0.717) is 19.4 Å². The van der Waals surface area contributed by atoms with E-state index < -0.39 is 6.04 Å². The Labute approximate surface area is 176 Å². The number of halogens is 1. The van der Waals surface area contributed by atoms with E-state index in [2.05, 4.69) is 21.2 Å². The van der Waals surface area contributed by atoms with E-state index in [4.69, 9.17) is 0 Å².